The maximum absolute atomic E-state index is 12.8. The Morgan fingerprint density at radius 3 is 2.53 bits per heavy atom. The van der Waals surface area contributed by atoms with Gasteiger partial charge in [-0.25, -0.2) is 9.97 Å². The maximum Gasteiger partial charge on any atom is 0.277 e. The third kappa shape index (κ3) is 4.16. The fraction of sp³-hybridized carbons (Fsp3) is 0.500. The van der Waals surface area contributed by atoms with E-state index in [0.29, 0.717) is 23.5 Å². The van der Waals surface area contributed by atoms with Gasteiger partial charge in [0.15, 0.2) is 0 Å². The number of hydrogen-bond acceptors (Lipinski definition) is 5. The molecule has 1 aliphatic heterocycles. The van der Waals surface area contributed by atoms with Crippen LogP contribution in [-0.4, -0.2) is 44.3 Å². The number of imidazole rings is 1. The van der Waals surface area contributed by atoms with Crippen molar-refractivity contribution in [2.75, 3.05) is 18.4 Å². The highest BCUT2D eigenvalue weighted by Gasteiger charge is 2.30. The van der Waals surface area contributed by atoms with E-state index in [1.165, 1.54) is 30.6 Å². The first-order valence-electron chi connectivity index (χ1n) is 11.6. The van der Waals surface area contributed by atoms with E-state index in [-0.39, 0.29) is 11.8 Å². The Morgan fingerprint density at radius 2 is 1.78 bits per heavy atom. The number of carbonyl (C=O) groups excluding carboxylic acids is 2. The first-order chi connectivity index (χ1) is 15.6. The Balaban J connectivity index is 1.20. The highest BCUT2D eigenvalue weighted by molar-refractivity contribution is 7.10. The molecule has 0 unspecified atom stereocenters. The predicted molar refractivity (Wildman–Crippen MR) is 126 cm³/mol. The molecule has 1 aliphatic carbocycles. The van der Waals surface area contributed by atoms with Crippen LogP contribution in [0.5, 0.6) is 0 Å². The molecule has 3 aromatic rings. The summed E-state index contributed by atoms with van der Waals surface area (Å²) >= 11 is 1.54. The van der Waals surface area contributed by atoms with Crippen molar-refractivity contribution in [2.24, 2.45) is 13.0 Å². The van der Waals surface area contributed by atoms with Crippen molar-refractivity contribution in [3.63, 3.8) is 0 Å². The van der Waals surface area contributed by atoms with Crippen LogP contribution in [0.1, 0.15) is 66.4 Å². The van der Waals surface area contributed by atoms with Gasteiger partial charge < -0.3 is 9.47 Å². The van der Waals surface area contributed by atoms with Gasteiger partial charge in [0.25, 0.3) is 5.91 Å². The van der Waals surface area contributed by atoms with Crippen molar-refractivity contribution in [1.82, 2.24) is 19.4 Å². The smallest absolute Gasteiger partial charge is 0.277 e. The minimum absolute atomic E-state index is 0.234. The Labute approximate surface area is 191 Å². The molecule has 0 bridgehead atoms. The molecule has 2 aliphatic rings. The number of carbonyl (C=O) groups is 2. The normalized spacial score (nSPS) is 18.2. The summed E-state index contributed by atoms with van der Waals surface area (Å²) < 4.78 is 1.87. The predicted octanol–water partition coefficient (Wildman–Crippen LogP) is 4.57. The number of aryl methyl sites for hydroxylation is 1. The number of piperidine rings is 1. The molecule has 32 heavy (non-hydrogen) atoms. The SMILES string of the molecule is Cn1c(NC(=O)c2csc(C3CCN(C(=O)C4CCCCC4)CC3)n2)nc2ccccc21. The number of hydrogen-bond donors (Lipinski definition) is 1. The lowest BCUT2D eigenvalue weighted by Gasteiger charge is -2.34. The second kappa shape index (κ2) is 9.02. The largest absolute Gasteiger partial charge is 0.342 e. The van der Waals surface area contributed by atoms with Gasteiger partial charge in [-0.2, -0.15) is 0 Å². The molecule has 1 aromatic carbocycles. The van der Waals surface area contributed by atoms with Gasteiger partial charge >= 0.3 is 0 Å². The molecule has 168 valence electrons. The van der Waals surface area contributed by atoms with Crippen molar-refractivity contribution in [3.05, 3.63) is 40.3 Å². The molecule has 2 aromatic heterocycles. The van der Waals surface area contributed by atoms with Crippen molar-refractivity contribution < 1.29 is 9.59 Å². The fourth-order valence-corrected chi connectivity index (χ4v) is 5.93. The fourth-order valence-electron chi connectivity index (χ4n) is 4.96. The van der Waals surface area contributed by atoms with E-state index in [9.17, 15) is 9.59 Å². The summed E-state index contributed by atoms with van der Waals surface area (Å²) in [7, 11) is 1.89. The van der Waals surface area contributed by atoms with Crippen LogP contribution in [-0.2, 0) is 11.8 Å². The van der Waals surface area contributed by atoms with Crippen LogP contribution >= 0.6 is 11.3 Å². The van der Waals surface area contributed by atoms with Crippen molar-refractivity contribution >= 4 is 40.1 Å². The molecule has 3 heterocycles. The summed E-state index contributed by atoms with van der Waals surface area (Å²) in [6.07, 6.45) is 7.57. The molecule has 0 radical (unpaired) electrons. The third-order valence-corrected chi connectivity index (χ3v) is 7.88. The number of amides is 2. The molecule has 5 rings (SSSR count). The number of aromatic nitrogens is 3. The van der Waals surface area contributed by atoms with Crippen molar-refractivity contribution in [2.45, 2.75) is 50.9 Å². The van der Waals surface area contributed by atoms with Crippen LogP contribution in [0.4, 0.5) is 5.95 Å². The Bertz CT molecular complexity index is 1120. The van der Waals surface area contributed by atoms with Crippen molar-refractivity contribution in [1.29, 1.82) is 0 Å². The van der Waals surface area contributed by atoms with Crippen LogP contribution in [0.2, 0.25) is 0 Å². The van der Waals surface area contributed by atoms with E-state index in [4.69, 9.17) is 0 Å². The Hall–Kier alpha value is -2.74. The second-order valence-corrected chi connectivity index (χ2v) is 9.83. The highest BCUT2D eigenvalue weighted by Crippen LogP contribution is 2.33. The topological polar surface area (TPSA) is 80.1 Å². The number of rotatable bonds is 4. The molecule has 1 saturated carbocycles. The summed E-state index contributed by atoms with van der Waals surface area (Å²) in [5.74, 6) is 1.17. The molecule has 2 fully saturated rings. The van der Waals surface area contributed by atoms with Gasteiger partial charge in [0.2, 0.25) is 11.9 Å². The lowest BCUT2D eigenvalue weighted by atomic mass is 9.87. The zero-order chi connectivity index (χ0) is 22.1. The second-order valence-electron chi connectivity index (χ2n) is 8.94. The number of para-hydroxylation sites is 2. The zero-order valence-electron chi connectivity index (χ0n) is 18.4. The van der Waals surface area contributed by atoms with E-state index < -0.39 is 0 Å². The van der Waals surface area contributed by atoms with Crippen LogP contribution in [0, 0.1) is 5.92 Å². The van der Waals surface area contributed by atoms with Crippen LogP contribution in [0.15, 0.2) is 29.6 Å². The van der Waals surface area contributed by atoms with Crippen LogP contribution in [0.3, 0.4) is 0 Å². The summed E-state index contributed by atoms with van der Waals surface area (Å²) in [6.45, 7) is 1.59. The van der Waals surface area contributed by atoms with Gasteiger partial charge in [0, 0.05) is 37.4 Å². The van der Waals surface area contributed by atoms with E-state index in [1.807, 2.05) is 41.3 Å². The zero-order valence-corrected chi connectivity index (χ0v) is 19.2. The monoisotopic (exact) mass is 451 g/mol. The lowest BCUT2D eigenvalue weighted by molar-refractivity contribution is -0.137. The van der Waals surface area contributed by atoms with Gasteiger partial charge in [-0.1, -0.05) is 31.4 Å². The molecule has 1 saturated heterocycles. The quantitative estimate of drug-likeness (QED) is 0.630. The Kier molecular flexibility index (Phi) is 5.95. The highest BCUT2D eigenvalue weighted by atomic mass is 32.1. The average molecular weight is 452 g/mol. The summed E-state index contributed by atoms with van der Waals surface area (Å²) in [4.78, 5) is 36.8. The first-order valence-corrected chi connectivity index (χ1v) is 12.4. The number of likely N-dealkylation sites (tertiary alicyclic amines) is 1. The molecule has 2 amide bonds. The molecule has 1 N–H and O–H groups in total. The van der Waals surface area contributed by atoms with Gasteiger partial charge in [-0.05, 0) is 37.8 Å². The van der Waals surface area contributed by atoms with Gasteiger partial charge in [0.1, 0.15) is 5.69 Å². The lowest BCUT2D eigenvalue weighted by Crippen LogP contribution is -2.41. The number of nitrogens with zero attached hydrogens (tertiary/aromatic N) is 4. The number of benzene rings is 1. The van der Waals surface area contributed by atoms with E-state index >= 15 is 0 Å². The van der Waals surface area contributed by atoms with E-state index in [2.05, 4.69) is 20.2 Å². The van der Waals surface area contributed by atoms with Gasteiger partial charge in [-0.15, -0.1) is 11.3 Å². The standard InChI is InChI=1S/C24H29N5O2S/c1-28-20-10-6-5-9-18(20)26-24(28)27-21(30)19-15-32-22(25-19)16-11-13-29(14-12-16)23(31)17-7-3-2-4-8-17/h5-6,9-10,15-17H,2-4,7-8,11-14H2,1H3,(H,26,27,30). The number of thiazole rings is 1. The summed E-state index contributed by atoms with van der Waals surface area (Å²) in [5.41, 5.74) is 2.24. The molecule has 7 nitrogen and oxygen atoms in total. The van der Waals surface area contributed by atoms with Gasteiger partial charge in [0.05, 0.1) is 16.0 Å². The first kappa shape index (κ1) is 21.1. The Morgan fingerprint density at radius 1 is 1.03 bits per heavy atom. The number of anilines is 1. The average Bonchev–Trinajstić information content (AvgIpc) is 3.45. The number of nitrogens with one attached hydrogen (secondary N) is 1. The third-order valence-electron chi connectivity index (χ3n) is 6.88. The summed E-state index contributed by atoms with van der Waals surface area (Å²) in [6, 6.07) is 7.79. The van der Waals surface area contributed by atoms with Crippen LogP contribution in [0.25, 0.3) is 11.0 Å². The molecular formula is C24H29N5O2S. The van der Waals surface area contributed by atoms with E-state index in [0.717, 1.165) is 54.8 Å². The number of fused-ring (bicyclic) bond motifs is 1. The van der Waals surface area contributed by atoms with E-state index in [1.54, 1.807) is 0 Å². The molecule has 0 spiro atoms. The van der Waals surface area contributed by atoms with Crippen LogP contribution < -0.4 is 5.32 Å². The van der Waals surface area contributed by atoms with Crippen molar-refractivity contribution in [3.8, 4) is 0 Å². The maximum atomic E-state index is 12.8. The van der Waals surface area contributed by atoms with Gasteiger partial charge in [-0.3, -0.25) is 14.9 Å². The molecular weight excluding hydrogens is 422 g/mol. The molecule has 8 heteroatoms. The minimum atomic E-state index is -0.240. The summed E-state index contributed by atoms with van der Waals surface area (Å²) in [5, 5.41) is 5.71. The minimum Gasteiger partial charge on any atom is -0.342 e. The molecule has 0 atom stereocenters.